The number of hydrogen-bond acceptors (Lipinski definition) is 6. The van der Waals surface area contributed by atoms with Gasteiger partial charge in [0.2, 0.25) is 0 Å². The average molecular weight is 375 g/mol. The SMILES string of the molecule is COc1cc(Cl)c(C)cc1NC(=O)COC(=O)c1cccc2ocnc12. The van der Waals surface area contributed by atoms with Crippen LogP contribution in [-0.2, 0) is 9.53 Å². The number of carbonyl (C=O) groups excluding carboxylic acids is 2. The van der Waals surface area contributed by atoms with E-state index in [9.17, 15) is 9.59 Å². The highest BCUT2D eigenvalue weighted by Crippen LogP contribution is 2.30. The van der Waals surface area contributed by atoms with Crippen molar-refractivity contribution in [2.45, 2.75) is 6.92 Å². The number of methoxy groups -OCH3 is 1. The lowest BCUT2D eigenvalue weighted by molar-refractivity contribution is -0.119. The molecular weight excluding hydrogens is 360 g/mol. The van der Waals surface area contributed by atoms with Gasteiger partial charge < -0.3 is 19.2 Å². The molecule has 7 nitrogen and oxygen atoms in total. The van der Waals surface area contributed by atoms with Crippen molar-refractivity contribution in [1.82, 2.24) is 4.98 Å². The van der Waals surface area contributed by atoms with Crippen LogP contribution in [0, 0.1) is 6.92 Å². The molecule has 0 fully saturated rings. The van der Waals surface area contributed by atoms with Crippen molar-refractivity contribution in [1.29, 1.82) is 0 Å². The summed E-state index contributed by atoms with van der Waals surface area (Å²) in [6.07, 6.45) is 1.24. The third-order valence-corrected chi connectivity index (χ3v) is 4.08. The topological polar surface area (TPSA) is 90.7 Å². The number of carbonyl (C=O) groups is 2. The molecule has 3 rings (SSSR count). The van der Waals surface area contributed by atoms with Crippen LogP contribution in [0.4, 0.5) is 5.69 Å². The van der Waals surface area contributed by atoms with Crippen molar-refractivity contribution in [3.8, 4) is 5.75 Å². The molecule has 2 aromatic carbocycles. The second-order valence-corrected chi connectivity index (χ2v) is 5.84. The fourth-order valence-corrected chi connectivity index (χ4v) is 2.53. The lowest BCUT2D eigenvalue weighted by Gasteiger charge is -2.12. The summed E-state index contributed by atoms with van der Waals surface area (Å²) in [4.78, 5) is 28.3. The maximum Gasteiger partial charge on any atom is 0.340 e. The zero-order valence-corrected chi connectivity index (χ0v) is 14.8. The smallest absolute Gasteiger partial charge is 0.340 e. The predicted molar refractivity (Wildman–Crippen MR) is 95.7 cm³/mol. The summed E-state index contributed by atoms with van der Waals surface area (Å²) in [7, 11) is 1.47. The number of nitrogens with one attached hydrogen (secondary N) is 1. The molecule has 0 radical (unpaired) electrons. The van der Waals surface area contributed by atoms with Gasteiger partial charge in [-0.2, -0.15) is 0 Å². The van der Waals surface area contributed by atoms with Crippen molar-refractivity contribution in [3.05, 3.63) is 52.9 Å². The molecule has 1 heterocycles. The zero-order valence-electron chi connectivity index (χ0n) is 14.0. The summed E-state index contributed by atoms with van der Waals surface area (Å²) >= 11 is 6.03. The van der Waals surface area contributed by atoms with Crippen molar-refractivity contribution < 1.29 is 23.5 Å². The highest BCUT2D eigenvalue weighted by molar-refractivity contribution is 6.31. The van der Waals surface area contributed by atoms with Gasteiger partial charge in [0.25, 0.3) is 5.91 Å². The largest absolute Gasteiger partial charge is 0.495 e. The standard InChI is InChI=1S/C18H15ClN2O5/c1-10-6-13(15(24-2)7-12(10)19)21-16(22)8-25-18(23)11-4-3-5-14-17(11)20-9-26-14/h3-7,9H,8H2,1-2H3,(H,21,22). The number of fused-ring (bicyclic) bond motifs is 1. The number of para-hydroxylation sites is 1. The number of oxazole rings is 1. The van der Waals surface area contributed by atoms with E-state index in [1.54, 1.807) is 37.3 Å². The fraction of sp³-hybridized carbons (Fsp3) is 0.167. The van der Waals surface area contributed by atoms with Gasteiger partial charge in [0.15, 0.2) is 18.6 Å². The number of aryl methyl sites for hydroxylation is 1. The molecule has 0 aliphatic heterocycles. The first-order valence-electron chi connectivity index (χ1n) is 7.63. The Labute approximate surface area is 153 Å². The normalized spacial score (nSPS) is 10.6. The fourth-order valence-electron chi connectivity index (χ4n) is 2.38. The van der Waals surface area contributed by atoms with E-state index in [-0.39, 0.29) is 5.56 Å². The Balaban J connectivity index is 1.67. The highest BCUT2D eigenvalue weighted by Gasteiger charge is 2.16. The second-order valence-electron chi connectivity index (χ2n) is 5.43. The van der Waals surface area contributed by atoms with E-state index < -0.39 is 18.5 Å². The number of hydrogen-bond donors (Lipinski definition) is 1. The highest BCUT2D eigenvalue weighted by atomic mass is 35.5. The molecule has 134 valence electrons. The van der Waals surface area contributed by atoms with Crippen LogP contribution < -0.4 is 10.1 Å². The molecule has 0 aliphatic carbocycles. The molecule has 0 atom stereocenters. The van der Waals surface area contributed by atoms with E-state index >= 15 is 0 Å². The molecule has 26 heavy (non-hydrogen) atoms. The van der Waals surface area contributed by atoms with Crippen molar-refractivity contribution >= 4 is 40.3 Å². The summed E-state index contributed by atoms with van der Waals surface area (Å²) in [6, 6.07) is 8.16. The first-order chi connectivity index (χ1) is 12.5. The van der Waals surface area contributed by atoms with E-state index in [1.165, 1.54) is 13.5 Å². The summed E-state index contributed by atoms with van der Waals surface area (Å²) in [6.45, 7) is 1.34. The van der Waals surface area contributed by atoms with Gasteiger partial charge in [-0.15, -0.1) is 0 Å². The summed E-state index contributed by atoms with van der Waals surface area (Å²) < 4.78 is 15.4. The van der Waals surface area contributed by atoms with Crippen LogP contribution in [0.5, 0.6) is 5.75 Å². The zero-order chi connectivity index (χ0) is 18.7. The van der Waals surface area contributed by atoms with E-state index in [2.05, 4.69) is 10.3 Å². The minimum absolute atomic E-state index is 0.226. The van der Waals surface area contributed by atoms with Crippen LogP contribution in [0.2, 0.25) is 5.02 Å². The predicted octanol–water partition coefficient (Wildman–Crippen LogP) is 3.59. The number of halogens is 1. The van der Waals surface area contributed by atoms with E-state index in [0.717, 1.165) is 5.56 Å². The molecule has 0 bridgehead atoms. The lowest BCUT2D eigenvalue weighted by Crippen LogP contribution is -2.21. The number of benzene rings is 2. The van der Waals surface area contributed by atoms with Crippen molar-refractivity contribution in [2.75, 3.05) is 19.0 Å². The quantitative estimate of drug-likeness (QED) is 0.686. The monoisotopic (exact) mass is 374 g/mol. The first-order valence-corrected chi connectivity index (χ1v) is 8.00. The number of esters is 1. The van der Waals surface area contributed by atoms with Gasteiger partial charge in [0, 0.05) is 11.1 Å². The molecule has 0 unspecified atom stereocenters. The molecule has 1 N–H and O–H groups in total. The van der Waals surface area contributed by atoms with Gasteiger partial charge in [-0.3, -0.25) is 4.79 Å². The summed E-state index contributed by atoms with van der Waals surface area (Å²) in [5, 5.41) is 3.15. The number of aromatic nitrogens is 1. The molecule has 0 saturated heterocycles. The molecular formula is C18H15ClN2O5. The van der Waals surface area contributed by atoms with Gasteiger partial charge in [-0.1, -0.05) is 17.7 Å². The van der Waals surface area contributed by atoms with Crippen LogP contribution in [0.25, 0.3) is 11.1 Å². The molecule has 1 aromatic heterocycles. The van der Waals surface area contributed by atoms with E-state index in [0.29, 0.717) is 27.6 Å². The summed E-state index contributed by atoms with van der Waals surface area (Å²) in [5.74, 6) is -0.766. The number of anilines is 1. The Morgan fingerprint density at radius 2 is 2.12 bits per heavy atom. The van der Waals surface area contributed by atoms with Gasteiger partial charge in [0.05, 0.1) is 18.4 Å². The van der Waals surface area contributed by atoms with Crippen molar-refractivity contribution in [3.63, 3.8) is 0 Å². The maximum absolute atomic E-state index is 12.2. The van der Waals surface area contributed by atoms with E-state index in [1.807, 2.05) is 0 Å². The third-order valence-electron chi connectivity index (χ3n) is 3.67. The average Bonchev–Trinajstić information content (AvgIpc) is 3.11. The van der Waals surface area contributed by atoms with Crippen LogP contribution in [0.1, 0.15) is 15.9 Å². The lowest BCUT2D eigenvalue weighted by atomic mass is 10.2. The van der Waals surface area contributed by atoms with Gasteiger partial charge in [-0.25, -0.2) is 9.78 Å². The number of nitrogens with zero attached hydrogens (tertiary/aromatic N) is 1. The Morgan fingerprint density at radius 1 is 1.31 bits per heavy atom. The molecule has 0 saturated carbocycles. The molecule has 1 amide bonds. The molecule has 0 aliphatic rings. The van der Waals surface area contributed by atoms with Crippen LogP contribution >= 0.6 is 11.6 Å². The Bertz CT molecular complexity index is 983. The minimum atomic E-state index is -0.668. The van der Waals surface area contributed by atoms with Crippen molar-refractivity contribution in [2.24, 2.45) is 0 Å². The van der Waals surface area contributed by atoms with Crippen LogP contribution in [0.3, 0.4) is 0 Å². The van der Waals surface area contributed by atoms with Crippen LogP contribution in [-0.4, -0.2) is 30.6 Å². The second kappa shape index (κ2) is 7.45. The molecule has 0 spiro atoms. The number of ether oxygens (including phenoxy) is 2. The van der Waals surface area contributed by atoms with Gasteiger partial charge >= 0.3 is 5.97 Å². The Kier molecular flexibility index (Phi) is 5.09. The Hall–Kier alpha value is -3.06. The first kappa shape index (κ1) is 17.8. The number of rotatable bonds is 5. The Morgan fingerprint density at radius 3 is 2.88 bits per heavy atom. The summed E-state index contributed by atoms with van der Waals surface area (Å²) in [5.41, 5.74) is 2.29. The van der Waals surface area contributed by atoms with E-state index in [4.69, 9.17) is 25.5 Å². The number of amides is 1. The van der Waals surface area contributed by atoms with Gasteiger partial charge in [-0.05, 0) is 30.7 Å². The van der Waals surface area contributed by atoms with Crippen LogP contribution in [0.15, 0.2) is 41.1 Å². The maximum atomic E-state index is 12.2. The van der Waals surface area contributed by atoms with Gasteiger partial charge in [0.1, 0.15) is 11.3 Å². The minimum Gasteiger partial charge on any atom is -0.495 e. The third kappa shape index (κ3) is 3.62. The molecule has 3 aromatic rings. The molecule has 8 heteroatoms.